The molecule has 1 aliphatic heterocycles. The molecule has 0 N–H and O–H groups in total. The second-order valence-electron chi connectivity index (χ2n) is 3.52. The third-order valence-corrected chi connectivity index (χ3v) is 14.1. The molecule has 6 nitrogen and oxygen atoms in total. The van der Waals surface area contributed by atoms with E-state index in [0.717, 1.165) is 0 Å². The summed E-state index contributed by atoms with van der Waals surface area (Å²) in [6, 6.07) is 0. The van der Waals surface area contributed by atoms with Gasteiger partial charge in [-0.05, 0) is 13.1 Å². The summed E-state index contributed by atoms with van der Waals surface area (Å²) >= 11 is 0. The van der Waals surface area contributed by atoms with Gasteiger partial charge in [-0.2, -0.15) is 0 Å². The average molecular weight is 299 g/mol. The molecule has 16 heavy (non-hydrogen) atoms. The molecule has 0 aromatic carbocycles. The highest BCUT2D eigenvalue weighted by Crippen LogP contribution is 2.22. The van der Waals surface area contributed by atoms with Gasteiger partial charge in [0.05, 0.1) is 0 Å². The van der Waals surface area contributed by atoms with Gasteiger partial charge in [0.1, 0.15) is 0 Å². The Morgan fingerprint density at radius 3 is 1.56 bits per heavy atom. The molecule has 1 heterocycles. The van der Waals surface area contributed by atoms with E-state index in [1.807, 2.05) is 26.2 Å². The maximum Gasteiger partial charge on any atom is 0.481 e. The molecule has 0 aromatic heterocycles. The van der Waals surface area contributed by atoms with Gasteiger partial charge < -0.3 is 25.3 Å². The van der Waals surface area contributed by atoms with Gasteiger partial charge in [-0.3, -0.25) is 0 Å². The van der Waals surface area contributed by atoms with Crippen LogP contribution < -0.4 is 0 Å². The first-order chi connectivity index (χ1) is 7.32. The highest BCUT2D eigenvalue weighted by molar-refractivity contribution is 6.82. The number of rotatable bonds is 2. The Kier molecular flexibility index (Phi) is 5.06. The van der Waals surface area contributed by atoms with Crippen molar-refractivity contribution in [3.8, 4) is 0 Å². The van der Waals surface area contributed by atoms with Crippen LogP contribution in [0.4, 0.5) is 0 Å². The maximum absolute atomic E-state index is 5.87. The third kappa shape index (κ3) is 3.83. The monoisotopic (exact) mass is 298 g/mol. The highest BCUT2D eigenvalue weighted by Gasteiger charge is 2.51. The first-order valence-electron chi connectivity index (χ1n) is 4.86. The van der Waals surface area contributed by atoms with E-state index in [9.17, 15) is 0 Å². The zero-order valence-corrected chi connectivity index (χ0v) is 14.4. The molecule has 1 fully saturated rings. The lowest BCUT2D eigenvalue weighted by Crippen LogP contribution is -2.61. The van der Waals surface area contributed by atoms with Crippen molar-refractivity contribution in [1.29, 1.82) is 0 Å². The molecule has 1 rings (SSSR count). The molecule has 0 bridgehead atoms. The number of hydrogen-bond donors (Lipinski definition) is 0. The lowest BCUT2D eigenvalue weighted by atomic mass is 11.8. The van der Waals surface area contributed by atoms with Gasteiger partial charge in [0, 0.05) is 27.3 Å². The third-order valence-electron chi connectivity index (χ3n) is 2.06. The maximum atomic E-state index is 5.87. The molecule has 1 saturated heterocycles. The lowest BCUT2D eigenvalue weighted by Gasteiger charge is -2.38. The topological polar surface area (TPSA) is 55.4 Å². The molecule has 10 heteroatoms. The fourth-order valence-corrected chi connectivity index (χ4v) is 13.3. The summed E-state index contributed by atoms with van der Waals surface area (Å²) in [6.07, 6.45) is 0. The van der Waals surface area contributed by atoms with E-state index >= 15 is 0 Å². The zero-order chi connectivity index (χ0) is 12.4. The number of hydrogen-bond acceptors (Lipinski definition) is 6. The van der Waals surface area contributed by atoms with Gasteiger partial charge in [-0.1, -0.05) is 0 Å². The van der Waals surface area contributed by atoms with Crippen molar-refractivity contribution < 1.29 is 25.3 Å². The van der Waals surface area contributed by atoms with Crippen LogP contribution in [0.3, 0.4) is 0 Å². The van der Waals surface area contributed by atoms with Gasteiger partial charge in [-0.15, -0.1) is 0 Å². The summed E-state index contributed by atoms with van der Waals surface area (Å²) < 4.78 is 33.8. The summed E-state index contributed by atoms with van der Waals surface area (Å²) in [7, 11) is -4.99. The van der Waals surface area contributed by atoms with E-state index in [0.29, 0.717) is 0 Å². The van der Waals surface area contributed by atoms with Gasteiger partial charge in [0.25, 0.3) is 0 Å². The fraction of sp³-hybridized carbons (Fsp3) is 1.00. The van der Waals surface area contributed by atoms with Gasteiger partial charge in [0.2, 0.25) is 0 Å². The van der Waals surface area contributed by atoms with E-state index < -0.39 is 36.2 Å². The second-order valence-corrected chi connectivity index (χ2v) is 13.0. The van der Waals surface area contributed by atoms with Crippen LogP contribution in [0, 0.1) is 0 Å². The molecule has 0 saturated carbocycles. The van der Waals surface area contributed by atoms with E-state index in [1.54, 1.807) is 14.2 Å². The molecule has 0 amide bonds. The molecule has 94 valence electrons. The van der Waals surface area contributed by atoms with Crippen molar-refractivity contribution in [3.05, 3.63) is 0 Å². The first kappa shape index (κ1) is 14.7. The van der Waals surface area contributed by atoms with Gasteiger partial charge in [0.15, 0.2) is 0 Å². The van der Waals surface area contributed by atoms with Gasteiger partial charge in [-0.25, -0.2) is 0 Å². The van der Waals surface area contributed by atoms with Crippen molar-refractivity contribution in [1.82, 2.24) is 0 Å². The van der Waals surface area contributed by atoms with Gasteiger partial charge >= 0.3 is 36.2 Å². The van der Waals surface area contributed by atoms with Crippen LogP contribution in [-0.2, 0) is 25.3 Å². The summed E-state index contributed by atoms with van der Waals surface area (Å²) in [6.45, 7) is 7.47. The molecule has 0 aliphatic carbocycles. The Morgan fingerprint density at radius 2 is 1.25 bits per heavy atom. The standard InChI is InChI=1S/C6H18O6Si4/c1-7-15(5)10-13(3)9-14(4)11-16(6,8-2)12-15/h1-6H3. The SMILES string of the molecule is CO[Si]1(C)O[Si](C)O[Si](C)O[Si](C)(OC)O1. The van der Waals surface area contributed by atoms with Crippen LogP contribution >= 0.6 is 0 Å². The molecule has 2 atom stereocenters. The van der Waals surface area contributed by atoms with Crippen molar-refractivity contribution in [2.24, 2.45) is 0 Å². The predicted octanol–water partition coefficient (Wildman–Crippen LogP) is 0.733. The highest BCUT2D eigenvalue weighted by atomic mass is 28.5. The largest absolute Gasteiger partial charge is 0.481 e. The van der Waals surface area contributed by atoms with E-state index in [4.69, 9.17) is 25.3 Å². The zero-order valence-electron chi connectivity index (χ0n) is 10.4. The second kappa shape index (κ2) is 5.51. The van der Waals surface area contributed by atoms with Crippen LogP contribution in [0.1, 0.15) is 0 Å². The molecular formula is C6H18O6Si4. The molecular weight excluding hydrogens is 280 g/mol. The van der Waals surface area contributed by atoms with Crippen molar-refractivity contribution in [2.45, 2.75) is 26.2 Å². The van der Waals surface area contributed by atoms with E-state index in [-0.39, 0.29) is 0 Å². The molecule has 2 radical (unpaired) electrons. The summed E-state index contributed by atoms with van der Waals surface area (Å²) in [5, 5.41) is 0. The molecule has 2 unspecified atom stereocenters. The Balaban J connectivity index is 2.85. The summed E-state index contributed by atoms with van der Waals surface area (Å²) in [4.78, 5) is 0. The fourth-order valence-electron chi connectivity index (χ4n) is 1.31. The summed E-state index contributed by atoms with van der Waals surface area (Å²) in [5.41, 5.74) is 0. The molecule has 1 aliphatic rings. The quantitative estimate of drug-likeness (QED) is 0.701. The Morgan fingerprint density at radius 1 is 0.875 bits per heavy atom. The van der Waals surface area contributed by atoms with Crippen molar-refractivity contribution in [3.63, 3.8) is 0 Å². The lowest BCUT2D eigenvalue weighted by molar-refractivity contribution is 0.115. The van der Waals surface area contributed by atoms with E-state index in [2.05, 4.69) is 0 Å². The Bertz CT molecular complexity index is 223. The van der Waals surface area contributed by atoms with Crippen LogP contribution in [0.2, 0.25) is 26.2 Å². The van der Waals surface area contributed by atoms with Crippen molar-refractivity contribution >= 4 is 36.2 Å². The average Bonchev–Trinajstić information content (AvgIpc) is 2.14. The molecule has 0 spiro atoms. The molecule has 0 aromatic rings. The summed E-state index contributed by atoms with van der Waals surface area (Å²) in [5.74, 6) is 0. The Hall–Kier alpha value is 0.628. The smallest absolute Gasteiger partial charge is 0.414 e. The van der Waals surface area contributed by atoms with Crippen LogP contribution in [-0.4, -0.2) is 50.4 Å². The van der Waals surface area contributed by atoms with Crippen LogP contribution in [0.5, 0.6) is 0 Å². The van der Waals surface area contributed by atoms with Crippen LogP contribution in [0.15, 0.2) is 0 Å². The minimum absolute atomic E-state index is 1.38. The van der Waals surface area contributed by atoms with Crippen molar-refractivity contribution in [2.75, 3.05) is 14.2 Å². The van der Waals surface area contributed by atoms with Crippen LogP contribution in [0.25, 0.3) is 0 Å². The van der Waals surface area contributed by atoms with E-state index in [1.165, 1.54) is 0 Å². The first-order valence-corrected chi connectivity index (χ1v) is 12.9. The normalized spacial score (nSPS) is 39.4. The Labute approximate surface area is 102 Å². The predicted molar refractivity (Wildman–Crippen MR) is 64.8 cm³/mol. The minimum Gasteiger partial charge on any atom is -0.414 e. The minimum atomic E-state index is -2.69.